The molecule has 0 spiro atoms. The van der Waals surface area contributed by atoms with Crippen molar-refractivity contribution in [1.29, 1.82) is 0 Å². The SMILES string of the molecule is COC(=O)C1=C(C(=O)OC)SC(=C2C(=S)C(C)(C)N(C(=O)CN3C(=O)CCC3=O)c3ccc(OC)cc32)S1. The van der Waals surface area contributed by atoms with E-state index in [1.165, 1.54) is 26.2 Å². The molecule has 4 rings (SSSR count). The number of hydrogen-bond donors (Lipinski definition) is 0. The predicted molar refractivity (Wildman–Crippen MR) is 146 cm³/mol. The van der Waals surface area contributed by atoms with Crippen molar-refractivity contribution in [3.63, 3.8) is 0 Å². The molecule has 0 unspecified atom stereocenters. The van der Waals surface area contributed by atoms with Crippen LogP contribution < -0.4 is 9.64 Å². The summed E-state index contributed by atoms with van der Waals surface area (Å²) in [5.41, 5.74) is 0.476. The van der Waals surface area contributed by atoms with E-state index in [1.807, 2.05) is 0 Å². The van der Waals surface area contributed by atoms with Gasteiger partial charge in [-0.3, -0.25) is 24.2 Å². The van der Waals surface area contributed by atoms with Crippen molar-refractivity contribution in [1.82, 2.24) is 4.90 Å². The van der Waals surface area contributed by atoms with Gasteiger partial charge < -0.3 is 14.2 Å². The van der Waals surface area contributed by atoms with Crippen LogP contribution >= 0.6 is 35.7 Å². The number of esters is 2. The van der Waals surface area contributed by atoms with E-state index < -0.39 is 41.7 Å². The molecule has 3 aliphatic heterocycles. The Hall–Kier alpha value is -3.16. The quantitative estimate of drug-likeness (QED) is 0.223. The van der Waals surface area contributed by atoms with Gasteiger partial charge in [0.2, 0.25) is 17.7 Å². The molecule has 1 aromatic carbocycles. The Morgan fingerprint density at radius 2 is 1.53 bits per heavy atom. The van der Waals surface area contributed by atoms with Crippen LogP contribution in [-0.2, 0) is 33.4 Å². The maximum absolute atomic E-state index is 13.6. The lowest BCUT2D eigenvalue weighted by molar-refractivity contribution is -0.142. The molecule has 0 saturated carbocycles. The van der Waals surface area contributed by atoms with Crippen LogP contribution in [0.4, 0.5) is 5.69 Å². The Morgan fingerprint density at radius 3 is 2.03 bits per heavy atom. The largest absolute Gasteiger partial charge is 0.497 e. The molecule has 1 aromatic rings. The van der Waals surface area contributed by atoms with Gasteiger partial charge in [0.15, 0.2) is 0 Å². The minimum absolute atomic E-state index is 0.0708. The summed E-state index contributed by atoms with van der Waals surface area (Å²) >= 11 is 8.00. The molecule has 1 fully saturated rings. The molecule has 38 heavy (non-hydrogen) atoms. The molecule has 0 atom stereocenters. The van der Waals surface area contributed by atoms with Gasteiger partial charge in [0.25, 0.3) is 0 Å². The smallest absolute Gasteiger partial charge is 0.346 e. The molecule has 0 radical (unpaired) electrons. The lowest BCUT2D eigenvalue weighted by atomic mass is 9.83. The van der Waals surface area contributed by atoms with Gasteiger partial charge in [-0.25, -0.2) is 9.59 Å². The molecule has 200 valence electrons. The zero-order valence-electron chi connectivity index (χ0n) is 21.2. The number of ether oxygens (including phenoxy) is 3. The van der Waals surface area contributed by atoms with E-state index in [4.69, 9.17) is 26.4 Å². The van der Waals surface area contributed by atoms with Crippen LogP contribution in [0.2, 0.25) is 0 Å². The number of benzene rings is 1. The van der Waals surface area contributed by atoms with Gasteiger partial charge in [-0.2, -0.15) is 0 Å². The first-order chi connectivity index (χ1) is 18.0. The van der Waals surface area contributed by atoms with Gasteiger partial charge in [0.1, 0.15) is 22.1 Å². The molecule has 0 N–H and O–H groups in total. The molecule has 1 saturated heterocycles. The second kappa shape index (κ2) is 10.5. The summed E-state index contributed by atoms with van der Waals surface area (Å²) < 4.78 is 15.7. The maximum atomic E-state index is 13.6. The van der Waals surface area contributed by atoms with E-state index >= 15 is 0 Å². The van der Waals surface area contributed by atoms with Gasteiger partial charge in [0, 0.05) is 24.0 Å². The Labute approximate surface area is 232 Å². The number of fused-ring (bicyclic) bond motifs is 1. The van der Waals surface area contributed by atoms with Crippen molar-refractivity contribution in [3.05, 3.63) is 37.8 Å². The van der Waals surface area contributed by atoms with Crippen LogP contribution in [0.1, 0.15) is 32.3 Å². The third kappa shape index (κ3) is 4.63. The third-order valence-corrected chi connectivity index (χ3v) is 9.56. The second-order valence-electron chi connectivity index (χ2n) is 8.88. The van der Waals surface area contributed by atoms with Crippen molar-refractivity contribution in [2.75, 3.05) is 32.8 Å². The highest BCUT2D eigenvalue weighted by atomic mass is 32.2. The van der Waals surface area contributed by atoms with E-state index in [-0.39, 0.29) is 22.7 Å². The third-order valence-electron chi connectivity index (χ3n) is 6.29. The van der Waals surface area contributed by atoms with E-state index in [0.29, 0.717) is 31.7 Å². The Balaban J connectivity index is 1.86. The maximum Gasteiger partial charge on any atom is 0.346 e. The van der Waals surface area contributed by atoms with E-state index in [9.17, 15) is 24.0 Å². The number of imide groups is 1. The van der Waals surface area contributed by atoms with Gasteiger partial charge >= 0.3 is 11.9 Å². The molecule has 0 aliphatic carbocycles. The number of carbonyl (C=O) groups excluding carboxylic acids is 5. The van der Waals surface area contributed by atoms with Crippen molar-refractivity contribution in [3.8, 4) is 5.75 Å². The van der Waals surface area contributed by atoms with Crippen LogP contribution in [0.25, 0.3) is 5.57 Å². The fourth-order valence-corrected chi connectivity index (χ4v) is 7.41. The molecule has 3 heterocycles. The first-order valence-corrected chi connectivity index (χ1v) is 13.4. The van der Waals surface area contributed by atoms with Crippen LogP contribution in [0, 0.1) is 0 Å². The van der Waals surface area contributed by atoms with E-state index in [1.54, 1.807) is 32.0 Å². The van der Waals surface area contributed by atoms with Crippen molar-refractivity contribution < 1.29 is 38.2 Å². The number of amides is 3. The van der Waals surface area contributed by atoms with Crippen LogP contribution in [0.3, 0.4) is 0 Å². The molecule has 3 amide bonds. The molecule has 0 aromatic heterocycles. The zero-order valence-corrected chi connectivity index (χ0v) is 23.7. The van der Waals surface area contributed by atoms with Gasteiger partial charge in [-0.15, -0.1) is 0 Å². The monoisotopic (exact) mass is 576 g/mol. The number of thioether (sulfide) groups is 2. The molecule has 13 heteroatoms. The highest BCUT2D eigenvalue weighted by Gasteiger charge is 2.47. The molecule has 0 bridgehead atoms. The van der Waals surface area contributed by atoms with E-state index in [2.05, 4.69) is 0 Å². The molecule has 10 nitrogen and oxygen atoms in total. The minimum atomic E-state index is -1.08. The Morgan fingerprint density at radius 1 is 0.974 bits per heavy atom. The summed E-state index contributed by atoms with van der Waals surface area (Å²) in [5, 5.41) is 0. The highest BCUT2D eigenvalue weighted by Crippen LogP contribution is 2.56. The van der Waals surface area contributed by atoms with Crippen molar-refractivity contribution in [2.24, 2.45) is 0 Å². The summed E-state index contributed by atoms with van der Waals surface area (Å²) in [5.74, 6) is -2.16. The summed E-state index contributed by atoms with van der Waals surface area (Å²) in [6.07, 6.45) is 0.148. The predicted octanol–water partition coefficient (Wildman–Crippen LogP) is 3.05. The number of methoxy groups -OCH3 is 3. The minimum Gasteiger partial charge on any atom is -0.497 e. The standard InChI is InChI=1S/C25H24N2O8S3/c1-25(2)21(36)18(24-37-19(22(31)34-4)20(38-24)23(32)35-5)13-10-12(33-3)6-7-14(13)27(25)17(30)11-26-15(28)8-9-16(26)29/h6-7,10H,8-9,11H2,1-5H3. The van der Waals surface area contributed by atoms with Crippen molar-refractivity contribution >= 4 is 81.5 Å². The lowest BCUT2D eigenvalue weighted by Crippen LogP contribution is -2.58. The van der Waals surface area contributed by atoms with Crippen molar-refractivity contribution in [2.45, 2.75) is 32.2 Å². The fraction of sp³-hybridized carbons (Fsp3) is 0.360. The topological polar surface area (TPSA) is 120 Å². The zero-order chi connectivity index (χ0) is 27.9. The summed E-state index contributed by atoms with van der Waals surface area (Å²) in [7, 11) is 3.93. The Bertz CT molecular complexity index is 1320. The number of carbonyl (C=O) groups is 5. The number of rotatable bonds is 5. The lowest BCUT2D eigenvalue weighted by Gasteiger charge is -2.45. The first-order valence-electron chi connectivity index (χ1n) is 11.4. The number of nitrogens with zero attached hydrogens (tertiary/aromatic N) is 2. The average Bonchev–Trinajstić information content (AvgIpc) is 3.47. The fourth-order valence-electron chi connectivity index (χ4n) is 4.38. The second-order valence-corrected chi connectivity index (χ2v) is 11.6. The summed E-state index contributed by atoms with van der Waals surface area (Å²) in [4.78, 5) is 66.0. The normalized spacial score (nSPS) is 18.7. The van der Waals surface area contributed by atoms with Crippen LogP contribution in [0.15, 0.2) is 32.2 Å². The number of thiocarbonyl (C=S) groups is 1. The highest BCUT2D eigenvalue weighted by molar-refractivity contribution is 8.29. The summed E-state index contributed by atoms with van der Waals surface area (Å²) in [6.45, 7) is 3.11. The molecule has 3 aliphatic rings. The Kier molecular flexibility index (Phi) is 7.73. The number of hydrogen-bond acceptors (Lipinski definition) is 11. The van der Waals surface area contributed by atoms with Gasteiger partial charge in [-0.05, 0) is 32.0 Å². The van der Waals surface area contributed by atoms with Crippen LogP contribution in [-0.4, -0.2) is 72.8 Å². The summed E-state index contributed by atoms with van der Waals surface area (Å²) in [6, 6.07) is 5.09. The van der Waals surface area contributed by atoms with Crippen LogP contribution in [0.5, 0.6) is 5.75 Å². The molecular formula is C25H24N2O8S3. The van der Waals surface area contributed by atoms with E-state index in [0.717, 1.165) is 28.4 Å². The number of anilines is 1. The molecular weight excluding hydrogens is 552 g/mol. The average molecular weight is 577 g/mol. The number of likely N-dealkylation sites (tertiary alicyclic amines) is 1. The van der Waals surface area contributed by atoms with Gasteiger partial charge in [0.05, 0.1) is 41.7 Å². The van der Waals surface area contributed by atoms with Gasteiger partial charge in [-0.1, -0.05) is 35.7 Å². The first kappa shape index (κ1) is 27.9.